The Bertz CT molecular complexity index is 898. The molecule has 0 aromatic heterocycles. The molecule has 0 spiro atoms. The van der Waals surface area contributed by atoms with Crippen LogP contribution < -0.4 is 4.74 Å². The summed E-state index contributed by atoms with van der Waals surface area (Å²) in [5.41, 5.74) is -0.365. The molecule has 29 heavy (non-hydrogen) atoms. The normalized spacial score (nSPS) is 12.9. The second-order valence-electron chi connectivity index (χ2n) is 7.12. The maximum absolute atomic E-state index is 12.7. The number of methoxy groups -OCH3 is 2. The summed E-state index contributed by atoms with van der Waals surface area (Å²) in [5, 5.41) is 40.7. The Hall–Kier alpha value is -3.03. The van der Waals surface area contributed by atoms with Crippen molar-refractivity contribution in [2.45, 2.75) is 32.0 Å². The van der Waals surface area contributed by atoms with Gasteiger partial charge >= 0.3 is 0 Å². The summed E-state index contributed by atoms with van der Waals surface area (Å²) in [6.45, 7) is 3.34. The Kier molecular flexibility index (Phi) is 6.89. The second kappa shape index (κ2) is 8.98. The number of hydrogen-bond donors (Lipinski definition) is 4. The van der Waals surface area contributed by atoms with E-state index in [2.05, 4.69) is 0 Å². The topological polar surface area (TPSA) is 116 Å². The molecule has 0 aliphatic heterocycles. The van der Waals surface area contributed by atoms with Crippen molar-refractivity contribution in [1.29, 1.82) is 0 Å². The van der Waals surface area contributed by atoms with Crippen LogP contribution in [-0.2, 0) is 11.2 Å². The maximum Gasteiger partial charge on any atom is 0.193 e. The predicted octanol–water partition coefficient (Wildman–Crippen LogP) is 3.04. The lowest BCUT2D eigenvalue weighted by molar-refractivity contribution is -0.0767. The minimum Gasteiger partial charge on any atom is -0.508 e. The minimum atomic E-state index is -1.05. The molecule has 0 heterocycles. The van der Waals surface area contributed by atoms with Crippen LogP contribution in [0.2, 0.25) is 0 Å². The fourth-order valence-corrected chi connectivity index (χ4v) is 2.69. The van der Waals surface area contributed by atoms with Crippen LogP contribution in [0.1, 0.15) is 35.3 Å². The Morgan fingerprint density at radius 2 is 1.76 bits per heavy atom. The van der Waals surface area contributed by atoms with Crippen LogP contribution in [0.15, 0.2) is 36.4 Å². The number of hydrogen-bond acceptors (Lipinski definition) is 7. The van der Waals surface area contributed by atoms with E-state index in [1.54, 1.807) is 26.0 Å². The van der Waals surface area contributed by atoms with Crippen LogP contribution in [0.3, 0.4) is 0 Å². The van der Waals surface area contributed by atoms with E-state index in [4.69, 9.17) is 9.47 Å². The third-order valence-corrected chi connectivity index (χ3v) is 4.86. The van der Waals surface area contributed by atoms with Gasteiger partial charge in [-0.25, -0.2) is 0 Å². The summed E-state index contributed by atoms with van der Waals surface area (Å²) in [6, 6.07) is 7.45. The molecule has 7 nitrogen and oxygen atoms in total. The fraction of sp³-hybridized carbons (Fsp3) is 0.318. The van der Waals surface area contributed by atoms with E-state index in [1.165, 1.54) is 44.6 Å². The molecular weight excluding hydrogens is 376 g/mol. The highest BCUT2D eigenvalue weighted by molar-refractivity contribution is 6.11. The molecule has 0 bridgehead atoms. The van der Waals surface area contributed by atoms with Crippen molar-refractivity contribution in [3.05, 3.63) is 53.1 Å². The first kappa shape index (κ1) is 22.3. The van der Waals surface area contributed by atoms with E-state index < -0.39 is 23.2 Å². The predicted molar refractivity (Wildman–Crippen MR) is 109 cm³/mol. The molecule has 0 amide bonds. The molecule has 0 aliphatic carbocycles. The Labute approximate surface area is 169 Å². The van der Waals surface area contributed by atoms with Crippen LogP contribution in [0, 0.1) is 0 Å². The number of benzene rings is 2. The van der Waals surface area contributed by atoms with Gasteiger partial charge in [0, 0.05) is 25.2 Å². The van der Waals surface area contributed by atoms with Gasteiger partial charge in [0.15, 0.2) is 5.78 Å². The first-order valence-corrected chi connectivity index (χ1v) is 8.97. The Morgan fingerprint density at radius 1 is 1.14 bits per heavy atom. The van der Waals surface area contributed by atoms with Crippen molar-refractivity contribution in [2.24, 2.45) is 0 Å². The van der Waals surface area contributed by atoms with Gasteiger partial charge in [-0.3, -0.25) is 4.79 Å². The lowest BCUT2D eigenvalue weighted by atomic mass is 9.92. The number of carbonyl (C=O) groups excluding carboxylic acids is 1. The number of carbonyl (C=O) groups is 1. The van der Waals surface area contributed by atoms with Crippen LogP contribution in [0.25, 0.3) is 6.08 Å². The molecule has 7 heteroatoms. The summed E-state index contributed by atoms with van der Waals surface area (Å²) in [7, 11) is 2.76. The summed E-state index contributed by atoms with van der Waals surface area (Å²) < 4.78 is 10.4. The average molecular weight is 402 g/mol. The molecule has 0 saturated heterocycles. The summed E-state index contributed by atoms with van der Waals surface area (Å²) in [4.78, 5) is 12.7. The molecule has 0 unspecified atom stereocenters. The zero-order valence-electron chi connectivity index (χ0n) is 16.8. The van der Waals surface area contributed by atoms with Crippen molar-refractivity contribution in [1.82, 2.24) is 0 Å². The zero-order chi connectivity index (χ0) is 21.8. The van der Waals surface area contributed by atoms with Crippen LogP contribution in [0.5, 0.6) is 23.0 Å². The quantitative estimate of drug-likeness (QED) is 0.396. The van der Waals surface area contributed by atoms with Crippen molar-refractivity contribution in [3.63, 3.8) is 0 Å². The average Bonchev–Trinajstić information content (AvgIpc) is 2.69. The number of phenolic OH excluding ortho intramolecular Hbond substituents is 3. The standard InChI is InChI=1S/C22H26O7/c1-22(2,29-4)19(26)11-15-17(25)12-18(28-3)20(21(15)27)16(24)10-7-13-5-8-14(23)9-6-13/h5-10,12,19,23,25-27H,11H2,1-4H3/t19-/m0/s1. The Balaban J connectivity index is 2.42. The van der Waals surface area contributed by atoms with Gasteiger partial charge in [-0.1, -0.05) is 18.2 Å². The highest BCUT2D eigenvalue weighted by Gasteiger charge is 2.31. The van der Waals surface area contributed by atoms with Gasteiger partial charge in [0.05, 0.1) is 18.8 Å². The van der Waals surface area contributed by atoms with Gasteiger partial charge in [-0.05, 0) is 37.6 Å². The number of aliphatic hydroxyl groups is 1. The van der Waals surface area contributed by atoms with E-state index in [-0.39, 0.29) is 34.8 Å². The number of ketones is 1. The monoisotopic (exact) mass is 402 g/mol. The molecule has 156 valence electrons. The fourth-order valence-electron chi connectivity index (χ4n) is 2.69. The van der Waals surface area contributed by atoms with Crippen molar-refractivity contribution >= 4 is 11.9 Å². The molecule has 2 rings (SSSR count). The van der Waals surface area contributed by atoms with E-state index >= 15 is 0 Å². The largest absolute Gasteiger partial charge is 0.508 e. The zero-order valence-corrected chi connectivity index (χ0v) is 16.8. The van der Waals surface area contributed by atoms with Gasteiger partial charge in [-0.2, -0.15) is 0 Å². The highest BCUT2D eigenvalue weighted by atomic mass is 16.5. The van der Waals surface area contributed by atoms with Gasteiger partial charge in [0.25, 0.3) is 0 Å². The summed E-state index contributed by atoms with van der Waals surface area (Å²) in [5.74, 6) is -1.20. The molecule has 0 radical (unpaired) electrons. The molecular formula is C22H26O7. The highest BCUT2D eigenvalue weighted by Crippen LogP contribution is 2.40. The van der Waals surface area contributed by atoms with Crippen LogP contribution in [-0.4, -0.2) is 52.1 Å². The first-order chi connectivity index (χ1) is 13.6. The van der Waals surface area contributed by atoms with Crippen molar-refractivity contribution in [3.8, 4) is 23.0 Å². The number of phenols is 3. The third-order valence-electron chi connectivity index (χ3n) is 4.86. The third kappa shape index (κ3) is 5.07. The van der Waals surface area contributed by atoms with Crippen LogP contribution in [0.4, 0.5) is 0 Å². The SMILES string of the molecule is COc1cc(O)c(C[C@H](O)C(C)(C)OC)c(O)c1C(=O)C=Cc1ccc(O)cc1. The summed E-state index contributed by atoms with van der Waals surface area (Å²) >= 11 is 0. The van der Waals surface area contributed by atoms with Gasteiger partial charge in [0.1, 0.15) is 28.6 Å². The molecule has 4 N–H and O–H groups in total. The molecule has 0 saturated carbocycles. The molecule has 2 aromatic rings. The minimum absolute atomic E-state index is 0.00426. The van der Waals surface area contributed by atoms with Gasteiger partial charge in [0.2, 0.25) is 0 Å². The second-order valence-corrected chi connectivity index (χ2v) is 7.12. The van der Waals surface area contributed by atoms with Gasteiger partial charge in [-0.15, -0.1) is 0 Å². The van der Waals surface area contributed by atoms with E-state index in [0.29, 0.717) is 5.56 Å². The number of rotatable bonds is 8. The Morgan fingerprint density at radius 3 is 2.31 bits per heavy atom. The lowest BCUT2D eigenvalue weighted by Gasteiger charge is -2.29. The van der Waals surface area contributed by atoms with Crippen LogP contribution >= 0.6 is 0 Å². The first-order valence-electron chi connectivity index (χ1n) is 8.97. The number of ether oxygens (including phenoxy) is 2. The lowest BCUT2D eigenvalue weighted by Crippen LogP contribution is -2.39. The van der Waals surface area contributed by atoms with E-state index in [9.17, 15) is 25.2 Å². The van der Waals surface area contributed by atoms with Crippen molar-refractivity contribution < 1.29 is 34.7 Å². The summed E-state index contributed by atoms with van der Waals surface area (Å²) in [6.07, 6.45) is 1.59. The smallest absolute Gasteiger partial charge is 0.193 e. The molecule has 0 fully saturated rings. The number of aromatic hydroxyl groups is 3. The maximum atomic E-state index is 12.7. The van der Waals surface area contributed by atoms with E-state index in [0.717, 1.165) is 0 Å². The molecule has 0 aliphatic rings. The van der Waals surface area contributed by atoms with Gasteiger partial charge < -0.3 is 29.9 Å². The number of allylic oxidation sites excluding steroid dienone is 1. The van der Waals surface area contributed by atoms with Crippen molar-refractivity contribution in [2.75, 3.05) is 14.2 Å². The number of aliphatic hydroxyl groups excluding tert-OH is 1. The molecule has 1 atom stereocenters. The van der Waals surface area contributed by atoms with E-state index in [1.807, 2.05) is 0 Å². The molecule has 2 aromatic carbocycles.